The third-order valence-electron chi connectivity index (χ3n) is 6.29. The van der Waals surface area contributed by atoms with Crippen LogP contribution in [0.4, 0.5) is 10.8 Å². The van der Waals surface area contributed by atoms with Gasteiger partial charge in [-0.25, -0.2) is 9.97 Å². The lowest BCUT2D eigenvalue weighted by molar-refractivity contribution is -0.105. The Morgan fingerprint density at radius 2 is 2.00 bits per heavy atom. The first-order valence-electron chi connectivity index (χ1n) is 12.8. The fourth-order valence-corrected chi connectivity index (χ4v) is 5.00. The molecular formula is C30H34N6OS. The summed E-state index contributed by atoms with van der Waals surface area (Å²) in [7, 11) is 0. The second-order valence-electron chi connectivity index (χ2n) is 8.99. The zero-order chi connectivity index (χ0) is 26.7. The van der Waals surface area contributed by atoms with Crippen LogP contribution in [0.25, 0.3) is 26.9 Å². The maximum atomic E-state index is 10.9. The van der Waals surface area contributed by atoms with Crippen molar-refractivity contribution in [3.8, 4) is 10.4 Å². The van der Waals surface area contributed by atoms with Gasteiger partial charge >= 0.3 is 0 Å². The number of carbonyl (C=O) groups is 1. The van der Waals surface area contributed by atoms with Gasteiger partial charge in [-0.15, -0.1) is 0 Å². The Kier molecular flexibility index (Phi) is 9.48. The molecule has 0 radical (unpaired) electrons. The van der Waals surface area contributed by atoms with E-state index in [0.29, 0.717) is 6.41 Å². The van der Waals surface area contributed by atoms with Crippen LogP contribution in [0.1, 0.15) is 43.0 Å². The minimum Gasteiger partial charge on any atom is -0.362 e. The number of rotatable bonds is 11. The molecule has 7 nitrogen and oxygen atoms in total. The van der Waals surface area contributed by atoms with Gasteiger partial charge in [-0.2, -0.15) is 0 Å². The summed E-state index contributed by atoms with van der Waals surface area (Å²) in [6, 6.07) is 14.5. The third-order valence-corrected chi connectivity index (χ3v) is 7.29. The first kappa shape index (κ1) is 26.9. The fraction of sp³-hybridized carbons (Fsp3) is 0.233. The lowest BCUT2D eigenvalue weighted by atomic mass is 10.00. The predicted molar refractivity (Wildman–Crippen MR) is 160 cm³/mol. The number of H-pyrrole nitrogens is 2. The topological polar surface area (TPSA) is 98.5 Å². The van der Waals surface area contributed by atoms with Gasteiger partial charge in [0, 0.05) is 53.0 Å². The molecule has 0 saturated carbocycles. The maximum absolute atomic E-state index is 10.9. The molecule has 0 spiro atoms. The number of aromatic amines is 2. The summed E-state index contributed by atoms with van der Waals surface area (Å²) < 4.78 is 0. The first-order chi connectivity index (χ1) is 18.6. The number of imidazole rings is 1. The molecule has 5 aromatic rings. The van der Waals surface area contributed by atoms with E-state index < -0.39 is 0 Å². The van der Waals surface area contributed by atoms with E-state index in [-0.39, 0.29) is 0 Å². The summed E-state index contributed by atoms with van der Waals surface area (Å²) >= 11 is 1.64. The van der Waals surface area contributed by atoms with E-state index in [1.54, 1.807) is 23.9 Å². The summed E-state index contributed by atoms with van der Waals surface area (Å²) in [5.41, 5.74) is 7.52. The standard InChI is InChI=1S/C26H28N4OS.C4H6N2/c1-3-18(2)22-14-19(11-12-24(22)30-17-31)25-16-29-26(32-25)27-13-7-6-8-20-15-28-23-10-5-4-9-21(20)23;1-4-2-5-3-6-4/h4-5,9-12,14-17,28H,2-3,6-8,13H2,1H3,(H,27,29)(H,30,31);2-3H,1H3,(H,5,6). The molecule has 2 aromatic carbocycles. The van der Waals surface area contributed by atoms with E-state index in [4.69, 9.17) is 0 Å². The Bertz CT molecular complexity index is 1470. The SMILES string of the molecule is C=C(CC)c1cc(-c2cnc(NCCCCc3c[nH]c4ccccc34)s2)ccc1NC=O.Cc1cnc[nH]1. The highest BCUT2D eigenvalue weighted by atomic mass is 32.1. The number of fused-ring (bicyclic) bond motifs is 1. The molecule has 0 bridgehead atoms. The molecule has 0 aliphatic rings. The van der Waals surface area contributed by atoms with Crippen molar-refractivity contribution < 1.29 is 4.79 Å². The Morgan fingerprint density at radius 1 is 1.13 bits per heavy atom. The van der Waals surface area contributed by atoms with Crippen molar-refractivity contribution in [3.05, 3.63) is 90.8 Å². The molecule has 38 heavy (non-hydrogen) atoms. The predicted octanol–water partition coefficient (Wildman–Crippen LogP) is 7.44. The van der Waals surface area contributed by atoms with Gasteiger partial charge in [0.25, 0.3) is 0 Å². The number of para-hydroxylation sites is 1. The molecule has 4 N–H and O–H groups in total. The lowest BCUT2D eigenvalue weighted by Gasteiger charge is -2.11. The number of hydrogen-bond acceptors (Lipinski definition) is 5. The van der Waals surface area contributed by atoms with Crippen molar-refractivity contribution in [2.75, 3.05) is 17.2 Å². The number of nitrogens with zero attached hydrogens (tertiary/aromatic N) is 2. The Labute approximate surface area is 227 Å². The van der Waals surface area contributed by atoms with Crippen LogP contribution in [0.5, 0.6) is 0 Å². The number of carbonyl (C=O) groups excluding carboxylic acids is 1. The molecular weight excluding hydrogens is 492 g/mol. The summed E-state index contributed by atoms with van der Waals surface area (Å²) in [6.07, 6.45) is 12.3. The van der Waals surface area contributed by atoms with Gasteiger partial charge in [0.05, 0.1) is 11.2 Å². The highest BCUT2D eigenvalue weighted by molar-refractivity contribution is 7.18. The van der Waals surface area contributed by atoms with Crippen molar-refractivity contribution in [3.63, 3.8) is 0 Å². The number of aromatic nitrogens is 4. The number of amides is 1. The second-order valence-corrected chi connectivity index (χ2v) is 10.0. The van der Waals surface area contributed by atoms with E-state index in [1.165, 1.54) is 16.5 Å². The van der Waals surface area contributed by atoms with E-state index >= 15 is 0 Å². The van der Waals surface area contributed by atoms with Crippen molar-refractivity contribution >= 4 is 45.0 Å². The minimum atomic E-state index is 0.703. The molecule has 196 valence electrons. The highest BCUT2D eigenvalue weighted by Crippen LogP contribution is 2.34. The Hall–Kier alpha value is -4.17. The molecule has 3 heterocycles. The van der Waals surface area contributed by atoms with E-state index in [1.807, 2.05) is 25.3 Å². The van der Waals surface area contributed by atoms with Gasteiger partial charge in [0.15, 0.2) is 5.13 Å². The molecule has 0 atom stereocenters. The summed E-state index contributed by atoms with van der Waals surface area (Å²) in [6.45, 7) is 9.06. The number of unbranched alkanes of at least 4 members (excludes halogenated alkanes) is 1. The van der Waals surface area contributed by atoms with Crippen molar-refractivity contribution in [1.29, 1.82) is 0 Å². The molecule has 0 unspecified atom stereocenters. The van der Waals surface area contributed by atoms with Gasteiger partial charge in [0.2, 0.25) is 6.41 Å². The quantitative estimate of drug-likeness (QED) is 0.106. The summed E-state index contributed by atoms with van der Waals surface area (Å²) in [5, 5.41) is 8.48. The lowest BCUT2D eigenvalue weighted by Crippen LogP contribution is -2.01. The van der Waals surface area contributed by atoms with Crippen molar-refractivity contribution in [1.82, 2.24) is 19.9 Å². The van der Waals surface area contributed by atoms with Crippen molar-refractivity contribution in [2.24, 2.45) is 0 Å². The molecule has 5 rings (SSSR count). The average molecular weight is 527 g/mol. The van der Waals surface area contributed by atoms with Crippen molar-refractivity contribution in [2.45, 2.75) is 39.5 Å². The second kappa shape index (κ2) is 13.4. The van der Waals surface area contributed by atoms with Crippen LogP contribution >= 0.6 is 11.3 Å². The largest absolute Gasteiger partial charge is 0.362 e. The first-order valence-corrected chi connectivity index (χ1v) is 13.6. The third kappa shape index (κ3) is 6.98. The van der Waals surface area contributed by atoms with Crippen LogP contribution < -0.4 is 10.6 Å². The highest BCUT2D eigenvalue weighted by Gasteiger charge is 2.10. The van der Waals surface area contributed by atoms with Gasteiger partial charge < -0.3 is 20.6 Å². The van der Waals surface area contributed by atoms with Gasteiger partial charge in [0.1, 0.15) is 0 Å². The van der Waals surface area contributed by atoms with Gasteiger partial charge in [-0.1, -0.05) is 49.1 Å². The van der Waals surface area contributed by atoms with Crippen LogP contribution in [-0.2, 0) is 11.2 Å². The number of anilines is 2. The number of hydrogen-bond donors (Lipinski definition) is 4. The minimum absolute atomic E-state index is 0.703. The molecule has 0 aliphatic carbocycles. The fourth-order valence-electron chi connectivity index (χ4n) is 4.16. The number of allylic oxidation sites excluding steroid dienone is 1. The van der Waals surface area contributed by atoms with Gasteiger partial charge in [-0.05, 0) is 67.5 Å². The normalized spacial score (nSPS) is 10.6. The molecule has 1 amide bonds. The Balaban J connectivity index is 0.000000494. The van der Waals surface area contributed by atoms with Crippen LogP contribution in [-0.4, -0.2) is 32.9 Å². The van der Waals surface area contributed by atoms with E-state index in [2.05, 4.69) is 80.6 Å². The number of nitrogens with one attached hydrogen (secondary N) is 4. The van der Waals surface area contributed by atoms with Crippen LogP contribution in [0.2, 0.25) is 0 Å². The molecule has 0 aliphatic heterocycles. The van der Waals surface area contributed by atoms with E-state index in [9.17, 15) is 4.79 Å². The zero-order valence-corrected chi connectivity index (χ0v) is 22.7. The maximum Gasteiger partial charge on any atom is 0.211 e. The van der Waals surface area contributed by atoms with Crippen LogP contribution in [0.15, 0.2) is 74.0 Å². The summed E-state index contributed by atoms with van der Waals surface area (Å²) in [4.78, 5) is 26.5. The van der Waals surface area contributed by atoms with E-state index in [0.717, 1.165) is 70.3 Å². The zero-order valence-electron chi connectivity index (χ0n) is 21.9. The molecule has 3 aromatic heterocycles. The van der Waals surface area contributed by atoms with Crippen LogP contribution in [0.3, 0.4) is 0 Å². The van der Waals surface area contributed by atoms with Crippen LogP contribution in [0, 0.1) is 6.92 Å². The molecule has 8 heteroatoms. The Morgan fingerprint density at radius 3 is 2.74 bits per heavy atom. The molecule has 0 fully saturated rings. The smallest absolute Gasteiger partial charge is 0.211 e. The number of benzene rings is 2. The monoisotopic (exact) mass is 526 g/mol. The number of aryl methyl sites for hydroxylation is 2. The van der Waals surface area contributed by atoms with Gasteiger partial charge in [-0.3, -0.25) is 4.79 Å². The average Bonchev–Trinajstić information content (AvgIpc) is 3.71. The number of thiazole rings is 1. The summed E-state index contributed by atoms with van der Waals surface area (Å²) in [5.74, 6) is 0. The molecule has 0 saturated heterocycles.